The minimum Gasteiger partial charge on any atom is -0.484 e. The second-order valence-corrected chi connectivity index (χ2v) is 5.02. The molecule has 0 fully saturated rings. The summed E-state index contributed by atoms with van der Waals surface area (Å²) in [7, 11) is 0. The van der Waals surface area contributed by atoms with Crippen LogP contribution in [-0.2, 0) is 4.79 Å². The quantitative estimate of drug-likeness (QED) is 0.801. The number of hydrogen-bond donors (Lipinski definition) is 1. The molecule has 0 unspecified atom stereocenters. The van der Waals surface area contributed by atoms with E-state index < -0.39 is 0 Å². The Bertz CT molecular complexity index is 466. The maximum atomic E-state index is 11.5. The molecular formula is C15H21NO3. The summed E-state index contributed by atoms with van der Waals surface area (Å²) in [5.74, 6) is 0.929. The second-order valence-electron chi connectivity index (χ2n) is 5.02. The number of ketones is 1. The fraction of sp³-hybridized carbons (Fsp3) is 0.467. The van der Waals surface area contributed by atoms with Crippen LogP contribution in [0.25, 0.3) is 0 Å². The molecule has 0 aliphatic rings. The van der Waals surface area contributed by atoms with Crippen LogP contribution in [-0.4, -0.2) is 24.8 Å². The molecule has 0 heterocycles. The van der Waals surface area contributed by atoms with Crippen molar-refractivity contribution in [2.45, 2.75) is 27.7 Å². The lowest BCUT2D eigenvalue weighted by Crippen LogP contribution is -2.31. The van der Waals surface area contributed by atoms with E-state index in [0.717, 1.165) is 5.56 Å². The van der Waals surface area contributed by atoms with Gasteiger partial charge in [0.2, 0.25) is 0 Å². The second kappa shape index (κ2) is 6.92. The van der Waals surface area contributed by atoms with Crippen LogP contribution in [0, 0.1) is 12.8 Å². The van der Waals surface area contributed by atoms with Gasteiger partial charge in [0.25, 0.3) is 5.91 Å². The molecule has 0 aromatic heterocycles. The van der Waals surface area contributed by atoms with Gasteiger partial charge in [-0.05, 0) is 43.5 Å². The molecule has 0 saturated heterocycles. The number of carbonyl (C=O) groups is 2. The lowest BCUT2D eigenvalue weighted by molar-refractivity contribution is -0.123. The summed E-state index contributed by atoms with van der Waals surface area (Å²) < 4.78 is 5.44. The van der Waals surface area contributed by atoms with Gasteiger partial charge >= 0.3 is 0 Å². The van der Waals surface area contributed by atoms with E-state index in [4.69, 9.17) is 4.74 Å². The fourth-order valence-electron chi connectivity index (χ4n) is 1.54. The Kier molecular flexibility index (Phi) is 5.55. The predicted molar refractivity (Wildman–Crippen MR) is 74.5 cm³/mol. The van der Waals surface area contributed by atoms with Crippen LogP contribution < -0.4 is 10.1 Å². The number of nitrogens with one attached hydrogen (secondary N) is 1. The van der Waals surface area contributed by atoms with Gasteiger partial charge in [-0.3, -0.25) is 9.59 Å². The van der Waals surface area contributed by atoms with Crippen molar-refractivity contribution in [3.8, 4) is 5.75 Å². The molecule has 19 heavy (non-hydrogen) atoms. The molecule has 1 aromatic rings. The Labute approximate surface area is 114 Å². The van der Waals surface area contributed by atoms with E-state index in [1.807, 2.05) is 20.8 Å². The third kappa shape index (κ3) is 5.12. The van der Waals surface area contributed by atoms with Gasteiger partial charge < -0.3 is 10.1 Å². The Morgan fingerprint density at radius 1 is 1.32 bits per heavy atom. The zero-order chi connectivity index (χ0) is 14.4. The van der Waals surface area contributed by atoms with Gasteiger partial charge in [0, 0.05) is 12.1 Å². The Morgan fingerprint density at radius 2 is 2.00 bits per heavy atom. The topological polar surface area (TPSA) is 55.4 Å². The van der Waals surface area contributed by atoms with Gasteiger partial charge in [-0.2, -0.15) is 0 Å². The van der Waals surface area contributed by atoms with Gasteiger partial charge in [0.05, 0.1) is 0 Å². The average Bonchev–Trinajstić information content (AvgIpc) is 2.34. The van der Waals surface area contributed by atoms with Crippen molar-refractivity contribution >= 4 is 11.7 Å². The highest BCUT2D eigenvalue weighted by molar-refractivity contribution is 5.94. The third-order valence-corrected chi connectivity index (χ3v) is 2.65. The van der Waals surface area contributed by atoms with Crippen LogP contribution in [0.3, 0.4) is 0 Å². The van der Waals surface area contributed by atoms with Crippen LogP contribution in [0.15, 0.2) is 18.2 Å². The summed E-state index contributed by atoms with van der Waals surface area (Å²) in [6.07, 6.45) is 0. The van der Waals surface area contributed by atoms with Crippen LogP contribution in [0.2, 0.25) is 0 Å². The SMILES string of the molecule is CC(=O)c1ccc(OCC(=O)NCC(C)C)c(C)c1. The van der Waals surface area contributed by atoms with Crippen molar-refractivity contribution in [3.05, 3.63) is 29.3 Å². The van der Waals surface area contributed by atoms with E-state index in [1.165, 1.54) is 6.92 Å². The summed E-state index contributed by atoms with van der Waals surface area (Å²) in [5.41, 5.74) is 1.50. The lowest BCUT2D eigenvalue weighted by atomic mass is 10.1. The highest BCUT2D eigenvalue weighted by Crippen LogP contribution is 2.19. The standard InChI is InChI=1S/C15H21NO3/c1-10(2)8-16-15(18)9-19-14-6-5-13(12(4)17)7-11(14)3/h5-7,10H,8-9H2,1-4H3,(H,16,18). The first-order valence-electron chi connectivity index (χ1n) is 6.41. The summed E-state index contributed by atoms with van der Waals surface area (Å²) in [4.78, 5) is 22.7. The van der Waals surface area contributed by atoms with Crippen molar-refractivity contribution in [1.29, 1.82) is 0 Å². The van der Waals surface area contributed by atoms with Crippen LogP contribution in [0.1, 0.15) is 36.7 Å². The molecule has 0 radical (unpaired) electrons. The first-order valence-corrected chi connectivity index (χ1v) is 6.41. The van der Waals surface area contributed by atoms with Crippen molar-refractivity contribution < 1.29 is 14.3 Å². The molecule has 1 rings (SSSR count). The molecule has 4 heteroatoms. The van der Waals surface area contributed by atoms with Crippen molar-refractivity contribution in [3.63, 3.8) is 0 Å². The molecule has 0 saturated carbocycles. The monoisotopic (exact) mass is 263 g/mol. The summed E-state index contributed by atoms with van der Waals surface area (Å²) in [6, 6.07) is 5.20. The van der Waals surface area contributed by atoms with Crippen LogP contribution in [0.4, 0.5) is 0 Å². The van der Waals surface area contributed by atoms with E-state index >= 15 is 0 Å². The van der Waals surface area contributed by atoms with E-state index in [9.17, 15) is 9.59 Å². The number of amides is 1. The molecule has 104 valence electrons. The largest absolute Gasteiger partial charge is 0.484 e. The zero-order valence-corrected chi connectivity index (χ0v) is 11.9. The first-order chi connectivity index (χ1) is 8.90. The van der Waals surface area contributed by atoms with Gasteiger partial charge in [-0.1, -0.05) is 13.8 Å². The van der Waals surface area contributed by atoms with E-state index in [1.54, 1.807) is 18.2 Å². The van der Waals surface area contributed by atoms with Crippen molar-refractivity contribution in [2.75, 3.05) is 13.2 Å². The van der Waals surface area contributed by atoms with Gasteiger partial charge in [0.1, 0.15) is 5.75 Å². The fourth-order valence-corrected chi connectivity index (χ4v) is 1.54. The smallest absolute Gasteiger partial charge is 0.257 e. The molecule has 4 nitrogen and oxygen atoms in total. The molecule has 0 bridgehead atoms. The predicted octanol–water partition coefficient (Wildman–Crippen LogP) is 2.35. The number of rotatable bonds is 6. The normalized spacial score (nSPS) is 10.4. The molecule has 0 atom stereocenters. The molecule has 0 aliphatic heterocycles. The molecule has 1 N–H and O–H groups in total. The Morgan fingerprint density at radius 3 is 2.53 bits per heavy atom. The molecule has 1 aromatic carbocycles. The Hall–Kier alpha value is -1.84. The lowest BCUT2D eigenvalue weighted by Gasteiger charge is -2.11. The molecule has 1 amide bonds. The van der Waals surface area contributed by atoms with Gasteiger partial charge in [0.15, 0.2) is 12.4 Å². The molecule has 0 aliphatic carbocycles. The maximum absolute atomic E-state index is 11.5. The van der Waals surface area contributed by atoms with Crippen LogP contribution >= 0.6 is 0 Å². The highest BCUT2D eigenvalue weighted by Gasteiger charge is 2.07. The minimum absolute atomic E-state index is 0.00697. The van der Waals surface area contributed by atoms with Crippen LogP contribution in [0.5, 0.6) is 5.75 Å². The highest BCUT2D eigenvalue weighted by atomic mass is 16.5. The number of benzene rings is 1. The molecular weight excluding hydrogens is 242 g/mol. The summed E-state index contributed by atoms with van der Waals surface area (Å²) in [5, 5.41) is 2.78. The maximum Gasteiger partial charge on any atom is 0.257 e. The number of carbonyl (C=O) groups excluding carboxylic acids is 2. The van der Waals surface area contributed by atoms with E-state index in [2.05, 4.69) is 5.32 Å². The third-order valence-electron chi connectivity index (χ3n) is 2.65. The number of Topliss-reactive ketones (excluding diaryl/α,β-unsaturated/α-hetero) is 1. The van der Waals surface area contributed by atoms with Crippen molar-refractivity contribution in [2.24, 2.45) is 5.92 Å². The van der Waals surface area contributed by atoms with Gasteiger partial charge in [-0.25, -0.2) is 0 Å². The number of hydrogen-bond acceptors (Lipinski definition) is 3. The van der Waals surface area contributed by atoms with Crippen molar-refractivity contribution in [1.82, 2.24) is 5.32 Å². The average molecular weight is 263 g/mol. The first kappa shape index (κ1) is 15.2. The summed E-state index contributed by atoms with van der Waals surface area (Å²) >= 11 is 0. The zero-order valence-electron chi connectivity index (χ0n) is 11.9. The molecule has 0 spiro atoms. The van der Waals surface area contributed by atoms with E-state index in [0.29, 0.717) is 23.8 Å². The summed E-state index contributed by atoms with van der Waals surface area (Å²) in [6.45, 7) is 8.08. The minimum atomic E-state index is -0.135. The number of ether oxygens (including phenoxy) is 1. The van der Waals surface area contributed by atoms with E-state index in [-0.39, 0.29) is 18.3 Å². The Balaban J connectivity index is 2.54. The number of aryl methyl sites for hydroxylation is 1. The van der Waals surface area contributed by atoms with Gasteiger partial charge in [-0.15, -0.1) is 0 Å².